The Labute approximate surface area is 204 Å². The number of fused-ring (bicyclic) bond motifs is 1. The number of amides is 2. The van der Waals surface area contributed by atoms with E-state index in [2.05, 4.69) is 15.6 Å². The van der Waals surface area contributed by atoms with Gasteiger partial charge in [0.25, 0.3) is 5.91 Å². The van der Waals surface area contributed by atoms with Crippen molar-refractivity contribution in [3.63, 3.8) is 0 Å². The number of carbonyl (C=O) groups is 2. The number of rotatable bonds is 6. The first-order valence-electron chi connectivity index (χ1n) is 11.5. The summed E-state index contributed by atoms with van der Waals surface area (Å²) in [5.74, 6) is 0.137. The van der Waals surface area contributed by atoms with Crippen LogP contribution in [0.15, 0.2) is 48.7 Å². The number of imidazole rings is 1. The standard InChI is InChI=1S/C25H29ClN6O2/c1-17-15-18(11-13-28-17)24(34)30-25-29-21-9-5-8-20(26)23(21)32(25)19-7-3-4-14-31(16-19)22(33)10-6-12-27-2/h5-6,8-11,13,15,19,27H,3-4,7,12,14,16H2,1-2H3,(H,29,30,34)/b10-6+/t19-/m1/s1. The van der Waals surface area contributed by atoms with Gasteiger partial charge in [0.2, 0.25) is 11.9 Å². The van der Waals surface area contributed by atoms with Crippen LogP contribution in [0.25, 0.3) is 11.0 Å². The number of nitrogens with one attached hydrogen (secondary N) is 2. The molecule has 1 fully saturated rings. The van der Waals surface area contributed by atoms with Crippen LogP contribution in [0.2, 0.25) is 5.02 Å². The van der Waals surface area contributed by atoms with Gasteiger partial charge in [-0.05, 0) is 57.5 Å². The van der Waals surface area contributed by atoms with Gasteiger partial charge >= 0.3 is 0 Å². The summed E-state index contributed by atoms with van der Waals surface area (Å²) in [4.78, 5) is 36.6. The maximum Gasteiger partial charge on any atom is 0.258 e. The highest BCUT2D eigenvalue weighted by atomic mass is 35.5. The summed E-state index contributed by atoms with van der Waals surface area (Å²) in [6.07, 6.45) is 7.77. The van der Waals surface area contributed by atoms with Crippen LogP contribution in [-0.2, 0) is 4.79 Å². The normalized spacial score (nSPS) is 16.7. The lowest BCUT2D eigenvalue weighted by atomic mass is 10.1. The molecule has 1 aliphatic rings. The minimum absolute atomic E-state index is 0.0180. The van der Waals surface area contributed by atoms with E-state index in [1.807, 2.05) is 47.7 Å². The molecule has 9 heteroatoms. The number of anilines is 1. The van der Waals surface area contributed by atoms with Gasteiger partial charge < -0.3 is 14.8 Å². The van der Waals surface area contributed by atoms with E-state index in [-0.39, 0.29) is 17.9 Å². The SMILES string of the molecule is CNC/C=C/C(=O)N1CCCC[C@@H](n2c(NC(=O)c3ccnc(C)c3)nc3cccc(Cl)c32)C1. The van der Waals surface area contributed by atoms with Gasteiger partial charge in [-0.15, -0.1) is 0 Å². The third kappa shape index (κ3) is 5.29. The molecule has 0 saturated carbocycles. The number of hydrogen-bond donors (Lipinski definition) is 2. The Morgan fingerprint density at radius 1 is 1.26 bits per heavy atom. The summed E-state index contributed by atoms with van der Waals surface area (Å²) in [5, 5.41) is 6.54. The molecule has 0 radical (unpaired) electrons. The molecule has 0 bridgehead atoms. The molecular formula is C25H29ClN6O2. The lowest BCUT2D eigenvalue weighted by Crippen LogP contribution is -2.34. The van der Waals surface area contributed by atoms with Gasteiger partial charge in [0.15, 0.2) is 0 Å². The molecule has 2 N–H and O–H groups in total. The highest BCUT2D eigenvalue weighted by Gasteiger charge is 2.27. The first kappa shape index (κ1) is 23.9. The largest absolute Gasteiger partial charge is 0.337 e. The molecule has 1 saturated heterocycles. The number of aromatic nitrogens is 3. The van der Waals surface area contributed by atoms with Crippen molar-refractivity contribution < 1.29 is 9.59 Å². The second kappa shape index (κ2) is 10.8. The molecule has 2 aromatic heterocycles. The predicted octanol–water partition coefficient (Wildman–Crippen LogP) is 3.97. The van der Waals surface area contributed by atoms with E-state index in [0.717, 1.165) is 30.5 Å². The molecule has 0 aliphatic carbocycles. The fourth-order valence-corrected chi connectivity index (χ4v) is 4.58. The van der Waals surface area contributed by atoms with Crippen molar-refractivity contribution in [1.29, 1.82) is 0 Å². The van der Waals surface area contributed by atoms with E-state index in [1.165, 1.54) is 0 Å². The minimum Gasteiger partial charge on any atom is -0.337 e. The van der Waals surface area contributed by atoms with Crippen LogP contribution >= 0.6 is 11.6 Å². The molecule has 3 heterocycles. The number of para-hydroxylation sites is 1. The van der Waals surface area contributed by atoms with Crippen molar-refractivity contribution in [2.45, 2.75) is 32.2 Å². The predicted molar refractivity (Wildman–Crippen MR) is 134 cm³/mol. The van der Waals surface area contributed by atoms with Crippen molar-refractivity contribution in [1.82, 2.24) is 24.8 Å². The summed E-state index contributed by atoms with van der Waals surface area (Å²) in [5.41, 5.74) is 2.72. The first-order chi connectivity index (χ1) is 16.5. The Kier molecular flexibility index (Phi) is 7.59. The maximum atomic E-state index is 13.0. The summed E-state index contributed by atoms with van der Waals surface area (Å²) >= 11 is 6.61. The Hall–Kier alpha value is -3.23. The summed E-state index contributed by atoms with van der Waals surface area (Å²) in [6, 6.07) is 8.87. The van der Waals surface area contributed by atoms with Crippen LogP contribution in [0.1, 0.15) is 41.4 Å². The zero-order chi connectivity index (χ0) is 24.1. The van der Waals surface area contributed by atoms with E-state index in [0.29, 0.717) is 41.7 Å². The molecular weight excluding hydrogens is 452 g/mol. The van der Waals surface area contributed by atoms with Gasteiger partial charge in [0.1, 0.15) is 0 Å². The Morgan fingerprint density at radius 2 is 2.12 bits per heavy atom. The number of benzene rings is 1. The summed E-state index contributed by atoms with van der Waals surface area (Å²) in [7, 11) is 1.84. The quantitative estimate of drug-likeness (QED) is 0.521. The van der Waals surface area contributed by atoms with Gasteiger partial charge in [-0.25, -0.2) is 4.98 Å². The zero-order valence-corrected chi connectivity index (χ0v) is 20.2. The molecule has 1 aliphatic heterocycles. The molecule has 3 aromatic rings. The van der Waals surface area contributed by atoms with Crippen LogP contribution in [0.4, 0.5) is 5.95 Å². The third-order valence-electron chi connectivity index (χ3n) is 5.95. The first-order valence-corrected chi connectivity index (χ1v) is 11.9. The molecule has 8 nitrogen and oxygen atoms in total. The zero-order valence-electron chi connectivity index (χ0n) is 19.4. The highest BCUT2D eigenvalue weighted by molar-refractivity contribution is 6.35. The van der Waals surface area contributed by atoms with Crippen LogP contribution < -0.4 is 10.6 Å². The Morgan fingerprint density at radius 3 is 2.91 bits per heavy atom. The third-order valence-corrected chi connectivity index (χ3v) is 6.26. The second-order valence-electron chi connectivity index (χ2n) is 8.45. The van der Waals surface area contributed by atoms with Crippen molar-refractivity contribution in [2.24, 2.45) is 0 Å². The van der Waals surface area contributed by atoms with Gasteiger partial charge in [-0.2, -0.15) is 0 Å². The topological polar surface area (TPSA) is 92.2 Å². The number of likely N-dealkylation sites (N-methyl/N-ethyl adjacent to an activating group) is 1. The molecule has 2 amide bonds. The van der Waals surface area contributed by atoms with E-state index in [1.54, 1.807) is 24.4 Å². The van der Waals surface area contributed by atoms with Gasteiger partial charge in [-0.3, -0.25) is 19.9 Å². The van der Waals surface area contributed by atoms with E-state index in [9.17, 15) is 9.59 Å². The van der Waals surface area contributed by atoms with Gasteiger partial charge in [-0.1, -0.05) is 23.7 Å². The number of aryl methyl sites for hydroxylation is 1. The molecule has 0 spiro atoms. The van der Waals surface area contributed by atoms with Crippen LogP contribution in [0.3, 0.4) is 0 Å². The summed E-state index contributed by atoms with van der Waals surface area (Å²) in [6.45, 7) is 3.68. The monoisotopic (exact) mass is 480 g/mol. The Balaban J connectivity index is 1.70. The molecule has 34 heavy (non-hydrogen) atoms. The maximum absolute atomic E-state index is 13.0. The molecule has 178 valence electrons. The minimum atomic E-state index is -0.269. The number of nitrogens with zero attached hydrogens (tertiary/aromatic N) is 4. The fourth-order valence-electron chi connectivity index (χ4n) is 4.32. The van der Waals surface area contributed by atoms with E-state index in [4.69, 9.17) is 16.6 Å². The lowest BCUT2D eigenvalue weighted by Gasteiger charge is -2.26. The van der Waals surface area contributed by atoms with E-state index < -0.39 is 0 Å². The number of carbonyl (C=O) groups excluding carboxylic acids is 2. The average molecular weight is 481 g/mol. The Bertz CT molecular complexity index is 1220. The second-order valence-corrected chi connectivity index (χ2v) is 8.85. The van der Waals surface area contributed by atoms with Crippen molar-refractivity contribution in [2.75, 3.05) is 32.0 Å². The number of halogens is 1. The lowest BCUT2D eigenvalue weighted by molar-refractivity contribution is -0.126. The van der Waals surface area contributed by atoms with Gasteiger partial charge in [0, 0.05) is 43.2 Å². The van der Waals surface area contributed by atoms with Crippen molar-refractivity contribution in [3.05, 3.63) is 65.0 Å². The van der Waals surface area contributed by atoms with Crippen LogP contribution in [-0.4, -0.2) is 57.9 Å². The van der Waals surface area contributed by atoms with Crippen molar-refractivity contribution >= 4 is 40.4 Å². The number of likely N-dealkylation sites (tertiary alicyclic amines) is 1. The number of hydrogen-bond acceptors (Lipinski definition) is 5. The number of pyridine rings is 1. The van der Waals surface area contributed by atoms with Crippen LogP contribution in [0, 0.1) is 6.92 Å². The van der Waals surface area contributed by atoms with Crippen LogP contribution in [0.5, 0.6) is 0 Å². The van der Waals surface area contributed by atoms with Gasteiger partial charge in [0.05, 0.1) is 22.1 Å². The molecule has 0 unspecified atom stereocenters. The average Bonchev–Trinajstić information content (AvgIpc) is 3.01. The molecule has 1 aromatic carbocycles. The highest BCUT2D eigenvalue weighted by Crippen LogP contribution is 2.34. The van der Waals surface area contributed by atoms with Crippen molar-refractivity contribution in [3.8, 4) is 0 Å². The summed E-state index contributed by atoms with van der Waals surface area (Å²) < 4.78 is 1.99. The smallest absolute Gasteiger partial charge is 0.258 e. The van der Waals surface area contributed by atoms with E-state index >= 15 is 0 Å². The fraction of sp³-hybridized carbons (Fsp3) is 0.360. The molecule has 1 atom stereocenters. The molecule has 4 rings (SSSR count).